The molecule has 2 aromatic heterocycles. The third-order valence-electron chi connectivity index (χ3n) is 6.20. The number of carbonyl (C=O) groups is 1. The molecule has 1 saturated heterocycles. The van der Waals surface area contributed by atoms with Gasteiger partial charge in [-0.1, -0.05) is 36.0 Å². The van der Waals surface area contributed by atoms with Crippen molar-refractivity contribution in [2.75, 3.05) is 19.4 Å². The summed E-state index contributed by atoms with van der Waals surface area (Å²) >= 11 is 2.91. The van der Waals surface area contributed by atoms with Crippen LogP contribution in [0.3, 0.4) is 0 Å². The zero-order chi connectivity index (χ0) is 23.7. The summed E-state index contributed by atoms with van der Waals surface area (Å²) in [6.45, 7) is 3.16. The van der Waals surface area contributed by atoms with Crippen molar-refractivity contribution < 1.29 is 9.53 Å². The quantitative estimate of drug-likeness (QED) is 0.278. The lowest BCUT2D eigenvalue weighted by atomic mass is 10.2. The van der Waals surface area contributed by atoms with E-state index in [0.717, 1.165) is 34.7 Å². The number of aromatic nitrogens is 3. The summed E-state index contributed by atoms with van der Waals surface area (Å²) in [5.74, 6) is 0.144. The van der Waals surface area contributed by atoms with E-state index in [4.69, 9.17) is 14.7 Å². The number of hydrogen-bond donors (Lipinski definition) is 0. The molecular weight excluding hydrogens is 468 g/mol. The van der Waals surface area contributed by atoms with Gasteiger partial charge >= 0.3 is 0 Å². The second-order valence-corrected chi connectivity index (χ2v) is 10.5. The van der Waals surface area contributed by atoms with E-state index in [2.05, 4.69) is 0 Å². The summed E-state index contributed by atoms with van der Waals surface area (Å²) in [5.41, 5.74) is 1.50. The number of thiazole rings is 1. The fourth-order valence-electron chi connectivity index (χ4n) is 4.09. The minimum atomic E-state index is -0.149. The second kappa shape index (κ2) is 9.85. The van der Waals surface area contributed by atoms with Crippen LogP contribution in [-0.4, -0.2) is 50.9 Å². The molecule has 4 aromatic rings. The van der Waals surface area contributed by atoms with Crippen LogP contribution in [0.15, 0.2) is 58.5 Å². The molecule has 0 unspecified atom stereocenters. The number of rotatable bonds is 7. The van der Waals surface area contributed by atoms with E-state index in [1.165, 1.54) is 11.8 Å². The average Bonchev–Trinajstić information content (AvgIpc) is 3.53. The van der Waals surface area contributed by atoms with Gasteiger partial charge in [-0.2, -0.15) is 0 Å². The summed E-state index contributed by atoms with van der Waals surface area (Å²) in [4.78, 5) is 37.5. The van der Waals surface area contributed by atoms with Gasteiger partial charge in [0.15, 0.2) is 5.16 Å². The maximum Gasteiger partial charge on any atom is 0.262 e. The molecule has 2 aromatic carbocycles. The van der Waals surface area contributed by atoms with Crippen molar-refractivity contribution in [1.82, 2.24) is 19.4 Å². The van der Waals surface area contributed by atoms with Crippen LogP contribution < -0.4 is 5.56 Å². The normalized spacial score (nSPS) is 16.8. The van der Waals surface area contributed by atoms with Crippen LogP contribution in [0.2, 0.25) is 0 Å². The van der Waals surface area contributed by atoms with Crippen LogP contribution in [0.4, 0.5) is 0 Å². The van der Waals surface area contributed by atoms with Crippen molar-refractivity contribution in [3.05, 3.63) is 63.9 Å². The fraction of sp³-hybridized carbons (Fsp3) is 0.360. The highest BCUT2D eigenvalue weighted by molar-refractivity contribution is 7.99. The van der Waals surface area contributed by atoms with Crippen LogP contribution in [0, 0.1) is 0 Å². The maximum atomic E-state index is 13.2. The van der Waals surface area contributed by atoms with Gasteiger partial charge < -0.3 is 9.64 Å². The Hall–Kier alpha value is -2.75. The first-order valence-corrected chi connectivity index (χ1v) is 13.2. The summed E-state index contributed by atoms with van der Waals surface area (Å²) in [7, 11) is 1.80. The van der Waals surface area contributed by atoms with Gasteiger partial charge in [0.2, 0.25) is 5.91 Å². The SMILES string of the molecule is C[C@@H](c1nc2ccccc2s1)N(C)C(=O)CSc1nc2ccccc2c(=O)n1C[C@@H]1CCCO1. The predicted molar refractivity (Wildman–Crippen MR) is 137 cm³/mol. The second-order valence-electron chi connectivity index (χ2n) is 8.45. The lowest BCUT2D eigenvalue weighted by Gasteiger charge is -2.23. The van der Waals surface area contributed by atoms with Crippen molar-refractivity contribution in [1.29, 1.82) is 0 Å². The average molecular weight is 495 g/mol. The van der Waals surface area contributed by atoms with Gasteiger partial charge in [-0.15, -0.1) is 11.3 Å². The van der Waals surface area contributed by atoms with E-state index in [1.807, 2.05) is 49.4 Å². The first-order chi connectivity index (χ1) is 16.5. The van der Waals surface area contributed by atoms with Gasteiger partial charge in [-0.05, 0) is 44.0 Å². The van der Waals surface area contributed by atoms with Gasteiger partial charge in [0.05, 0.1) is 45.6 Å². The molecule has 2 atom stereocenters. The van der Waals surface area contributed by atoms with Crippen molar-refractivity contribution in [3.63, 3.8) is 0 Å². The molecule has 0 radical (unpaired) electrons. The Kier molecular flexibility index (Phi) is 6.67. The molecule has 3 heterocycles. The number of thioether (sulfide) groups is 1. The molecule has 34 heavy (non-hydrogen) atoms. The van der Waals surface area contributed by atoms with Crippen molar-refractivity contribution in [3.8, 4) is 0 Å². The van der Waals surface area contributed by atoms with E-state index < -0.39 is 0 Å². The fourth-order valence-corrected chi connectivity index (χ4v) is 6.08. The number of carbonyl (C=O) groups excluding carboxylic acids is 1. The topological polar surface area (TPSA) is 77.3 Å². The maximum absolute atomic E-state index is 13.2. The van der Waals surface area contributed by atoms with Crippen LogP contribution in [-0.2, 0) is 16.1 Å². The number of benzene rings is 2. The lowest BCUT2D eigenvalue weighted by molar-refractivity contribution is -0.128. The summed E-state index contributed by atoms with van der Waals surface area (Å²) in [6, 6.07) is 15.2. The number of para-hydroxylation sites is 2. The molecule has 1 aliphatic heterocycles. The van der Waals surface area contributed by atoms with Crippen molar-refractivity contribution in [2.24, 2.45) is 0 Å². The molecule has 0 aliphatic carbocycles. The molecule has 9 heteroatoms. The highest BCUT2D eigenvalue weighted by Gasteiger charge is 2.23. The molecule has 7 nitrogen and oxygen atoms in total. The third-order valence-corrected chi connectivity index (χ3v) is 8.37. The molecule has 0 N–H and O–H groups in total. The zero-order valence-electron chi connectivity index (χ0n) is 19.1. The first kappa shape index (κ1) is 23.0. The Balaban J connectivity index is 1.35. The molecule has 0 spiro atoms. The lowest BCUT2D eigenvalue weighted by Crippen LogP contribution is -2.32. The largest absolute Gasteiger partial charge is 0.376 e. The van der Waals surface area contributed by atoms with Crippen LogP contribution in [0.25, 0.3) is 21.1 Å². The van der Waals surface area contributed by atoms with E-state index in [0.29, 0.717) is 22.6 Å². The Morgan fingerprint density at radius 2 is 1.97 bits per heavy atom. The van der Waals surface area contributed by atoms with Crippen LogP contribution in [0.1, 0.15) is 30.8 Å². The Morgan fingerprint density at radius 1 is 1.21 bits per heavy atom. The number of amides is 1. The zero-order valence-corrected chi connectivity index (χ0v) is 20.8. The van der Waals surface area contributed by atoms with E-state index in [-0.39, 0.29) is 29.4 Å². The third kappa shape index (κ3) is 4.60. The van der Waals surface area contributed by atoms with Gasteiger partial charge in [0, 0.05) is 13.7 Å². The minimum absolute atomic E-state index is 0.00237. The molecule has 5 rings (SSSR count). The molecular formula is C25H26N4O3S2. The Bertz CT molecular complexity index is 1360. The monoisotopic (exact) mass is 494 g/mol. The van der Waals surface area contributed by atoms with Gasteiger partial charge in [0.25, 0.3) is 5.56 Å². The van der Waals surface area contributed by atoms with Crippen LogP contribution in [0.5, 0.6) is 0 Å². The van der Waals surface area contributed by atoms with E-state index in [9.17, 15) is 9.59 Å². The highest BCUT2D eigenvalue weighted by atomic mass is 32.2. The van der Waals surface area contributed by atoms with Gasteiger partial charge in [0.1, 0.15) is 5.01 Å². The number of ether oxygens (including phenoxy) is 1. The van der Waals surface area contributed by atoms with Crippen molar-refractivity contribution in [2.45, 2.75) is 43.6 Å². The summed E-state index contributed by atoms with van der Waals surface area (Å²) < 4.78 is 8.55. The number of nitrogens with zero attached hydrogens (tertiary/aromatic N) is 4. The first-order valence-electron chi connectivity index (χ1n) is 11.4. The van der Waals surface area contributed by atoms with E-state index in [1.54, 1.807) is 33.9 Å². The smallest absolute Gasteiger partial charge is 0.262 e. The molecule has 1 aliphatic rings. The van der Waals surface area contributed by atoms with Gasteiger partial charge in [-0.25, -0.2) is 9.97 Å². The molecule has 0 bridgehead atoms. The van der Waals surface area contributed by atoms with Crippen LogP contribution >= 0.6 is 23.1 Å². The molecule has 1 amide bonds. The summed E-state index contributed by atoms with van der Waals surface area (Å²) in [5, 5.41) is 2.03. The van der Waals surface area contributed by atoms with Gasteiger partial charge in [-0.3, -0.25) is 14.2 Å². The predicted octanol–water partition coefficient (Wildman–Crippen LogP) is 4.50. The molecule has 176 valence electrons. The Morgan fingerprint density at radius 3 is 2.74 bits per heavy atom. The standard InChI is InChI=1S/C25H26N4O3S2/c1-16(23-26-20-11-5-6-12-21(20)34-23)28(2)22(30)15-33-25-27-19-10-4-3-9-18(19)24(31)29(25)14-17-8-7-13-32-17/h3-6,9-12,16-17H,7-8,13-15H2,1-2H3/t16-,17-/m0/s1. The highest BCUT2D eigenvalue weighted by Crippen LogP contribution is 2.29. The Labute approximate surface area is 205 Å². The molecule has 1 fully saturated rings. The number of fused-ring (bicyclic) bond motifs is 2. The van der Waals surface area contributed by atoms with E-state index >= 15 is 0 Å². The summed E-state index contributed by atoms with van der Waals surface area (Å²) in [6.07, 6.45) is 1.91. The molecule has 0 saturated carbocycles. The number of hydrogen-bond acceptors (Lipinski definition) is 7. The minimum Gasteiger partial charge on any atom is -0.376 e. The van der Waals surface area contributed by atoms with Crippen molar-refractivity contribution >= 4 is 50.1 Å².